The second-order valence-electron chi connectivity index (χ2n) is 7.51. The Kier molecular flexibility index (Phi) is 14.0. The molecule has 31 heavy (non-hydrogen) atoms. The van der Waals surface area contributed by atoms with E-state index in [1.54, 1.807) is 0 Å². The van der Waals surface area contributed by atoms with Crippen LogP contribution in [0.1, 0.15) is 58.1 Å². The Labute approximate surface area is 189 Å². The zero-order chi connectivity index (χ0) is 22.9. The summed E-state index contributed by atoms with van der Waals surface area (Å²) in [6, 6.07) is 12.0. The molecule has 4 heteroatoms. The summed E-state index contributed by atoms with van der Waals surface area (Å²) in [4.78, 5) is 2.42. The molecular weight excluding hydrogens is 384 g/mol. The number of hydrogen-bond donors (Lipinski definition) is 0. The van der Waals surface area contributed by atoms with E-state index in [-0.39, 0.29) is 6.10 Å². The van der Waals surface area contributed by atoms with Crippen molar-refractivity contribution in [2.45, 2.75) is 54.1 Å². The molecule has 0 amide bonds. The highest BCUT2D eigenvalue weighted by Gasteiger charge is 2.12. The summed E-state index contributed by atoms with van der Waals surface area (Å²) in [6.45, 7) is 16.6. The van der Waals surface area contributed by atoms with Crippen molar-refractivity contribution in [1.29, 1.82) is 0 Å². The summed E-state index contributed by atoms with van der Waals surface area (Å²) in [5.74, 6) is 0.784. The lowest BCUT2D eigenvalue weighted by Gasteiger charge is -2.30. The third kappa shape index (κ3) is 12.8. The van der Waals surface area contributed by atoms with Gasteiger partial charge in [0.25, 0.3) is 0 Å². The largest absolute Gasteiger partial charge is 0.373 e. The van der Waals surface area contributed by atoms with Gasteiger partial charge in [-0.3, -0.25) is 0 Å². The van der Waals surface area contributed by atoms with Gasteiger partial charge in [0.1, 0.15) is 0 Å². The van der Waals surface area contributed by atoms with Gasteiger partial charge in [-0.25, -0.2) is 0 Å². The summed E-state index contributed by atoms with van der Waals surface area (Å²) in [7, 11) is 0. The number of aromatic nitrogens is 1. The molecule has 0 radical (unpaired) electrons. The smallest absolute Gasteiger partial charge is 0.159 e. The van der Waals surface area contributed by atoms with Crippen molar-refractivity contribution in [3.63, 3.8) is 0 Å². The first-order chi connectivity index (χ1) is 15.0. The summed E-state index contributed by atoms with van der Waals surface area (Å²) < 4.78 is 10.7. The van der Waals surface area contributed by atoms with Crippen LogP contribution >= 0.6 is 0 Å². The van der Waals surface area contributed by atoms with Crippen molar-refractivity contribution in [2.75, 3.05) is 26.2 Å². The zero-order valence-electron chi connectivity index (χ0n) is 20.2. The van der Waals surface area contributed by atoms with Crippen molar-refractivity contribution in [1.82, 2.24) is 10.1 Å². The topological polar surface area (TPSA) is 38.5 Å². The highest BCUT2D eigenvalue weighted by Crippen LogP contribution is 2.08. The van der Waals surface area contributed by atoms with Crippen molar-refractivity contribution in [2.24, 2.45) is 0 Å². The molecule has 0 N–H and O–H groups in total. The Hall–Kier alpha value is -2.43. The van der Waals surface area contributed by atoms with E-state index in [0.29, 0.717) is 0 Å². The van der Waals surface area contributed by atoms with Crippen molar-refractivity contribution in [3.05, 3.63) is 77.2 Å². The number of likely N-dealkylation sites (tertiary alicyclic amines) is 1. The van der Waals surface area contributed by atoms with Gasteiger partial charge in [-0.15, -0.1) is 0 Å². The molecule has 0 bridgehead atoms. The Balaban J connectivity index is 0.000000287. The number of nitrogens with zero attached hydrogens (tertiary/aromatic N) is 2. The average Bonchev–Trinajstić information content (AvgIpc) is 3.16. The number of hydrogen-bond acceptors (Lipinski definition) is 4. The second kappa shape index (κ2) is 16.3. The normalized spacial score (nSPS) is 14.3. The van der Waals surface area contributed by atoms with E-state index in [9.17, 15) is 0 Å². The van der Waals surface area contributed by atoms with E-state index in [4.69, 9.17) is 9.26 Å². The third-order valence-corrected chi connectivity index (χ3v) is 4.43. The van der Waals surface area contributed by atoms with Crippen LogP contribution in [0.3, 0.4) is 0 Å². The molecule has 1 unspecified atom stereocenters. The van der Waals surface area contributed by atoms with E-state index in [2.05, 4.69) is 49.1 Å². The second-order valence-corrected chi connectivity index (χ2v) is 7.51. The number of aryl methyl sites for hydroxylation is 1. The fourth-order valence-corrected chi connectivity index (χ4v) is 2.64. The quantitative estimate of drug-likeness (QED) is 0.437. The predicted molar refractivity (Wildman–Crippen MR) is 133 cm³/mol. The molecule has 2 aromatic rings. The number of benzene rings is 1. The lowest BCUT2D eigenvalue weighted by Crippen LogP contribution is -2.39. The maximum Gasteiger partial charge on any atom is 0.159 e. The first-order valence-corrected chi connectivity index (χ1v) is 11.3. The van der Waals surface area contributed by atoms with E-state index < -0.39 is 0 Å². The summed E-state index contributed by atoms with van der Waals surface area (Å²) in [5.41, 5.74) is 3.37. The molecule has 3 rings (SSSR count). The maximum absolute atomic E-state index is 5.67. The minimum Gasteiger partial charge on any atom is -0.373 e. The van der Waals surface area contributed by atoms with Crippen molar-refractivity contribution in [3.8, 4) is 0 Å². The van der Waals surface area contributed by atoms with Crippen LogP contribution < -0.4 is 0 Å². The van der Waals surface area contributed by atoms with Crippen LogP contribution in [-0.2, 0) is 4.74 Å². The predicted octanol–water partition coefficient (Wildman–Crippen LogP) is 6.80. The molecule has 1 aromatic heterocycles. The van der Waals surface area contributed by atoms with Crippen LogP contribution in [0.25, 0.3) is 12.2 Å². The lowest BCUT2D eigenvalue weighted by atomic mass is 10.2. The molecule has 1 aromatic carbocycles. The van der Waals surface area contributed by atoms with Gasteiger partial charge >= 0.3 is 0 Å². The molecule has 1 atom stereocenters. The molecule has 1 aliphatic rings. The van der Waals surface area contributed by atoms with Crippen LogP contribution in [0.15, 0.2) is 64.7 Å². The SMILES string of the molecule is CC.CC(C)=C/C=C\C(C)OCCN1CCC1.Cc1cc(/C=C\c2ccccc2)on1. The van der Waals surface area contributed by atoms with E-state index >= 15 is 0 Å². The van der Waals surface area contributed by atoms with Gasteiger partial charge in [-0.1, -0.05) is 79.2 Å². The molecule has 2 heterocycles. The molecule has 1 fully saturated rings. The maximum atomic E-state index is 5.67. The van der Waals surface area contributed by atoms with Gasteiger partial charge in [0.05, 0.1) is 18.4 Å². The number of ether oxygens (including phenoxy) is 1. The Morgan fingerprint density at radius 3 is 2.42 bits per heavy atom. The Morgan fingerprint density at radius 1 is 1.16 bits per heavy atom. The molecule has 170 valence electrons. The lowest BCUT2D eigenvalue weighted by molar-refractivity contribution is 0.0578. The summed E-state index contributed by atoms with van der Waals surface area (Å²) in [5, 5.41) is 3.80. The minimum absolute atomic E-state index is 0.224. The van der Waals surface area contributed by atoms with Gasteiger partial charge in [0.15, 0.2) is 5.76 Å². The van der Waals surface area contributed by atoms with Crippen LogP contribution in [-0.4, -0.2) is 42.4 Å². The third-order valence-electron chi connectivity index (χ3n) is 4.43. The molecule has 0 saturated carbocycles. The van der Waals surface area contributed by atoms with Crippen LogP contribution in [0, 0.1) is 6.92 Å². The fourth-order valence-electron chi connectivity index (χ4n) is 2.64. The average molecular weight is 425 g/mol. The van der Waals surface area contributed by atoms with Gasteiger partial charge in [-0.05, 0) is 58.8 Å². The van der Waals surface area contributed by atoms with Gasteiger partial charge < -0.3 is 14.2 Å². The highest BCUT2D eigenvalue weighted by atomic mass is 16.5. The zero-order valence-corrected chi connectivity index (χ0v) is 20.2. The van der Waals surface area contributed by atoms with Crippen molar-refractivity contribution < 1.29 is 9.26 Å². The first-order valence-electron chi connectivity index (χ1n) is 11.3. The van der Waals surface area contributed by atoms with Gasteiger partial charge in [-0.2, -0.15) is 0 Å². The van der Waals surface area contributed by atoms with E-state index in [1.807, 2.05) is 69.3 Å². The Morgan fingerprint density at radius 2 is 1.87 bits per heavy atom. The molecule has 1 aliphatic heterocycles. The summed E-state index contributed by atoms with van der Waals surface area (Å²) >= 11 is 0. The van der Waals surface area contributed by atoms with Crippen molar-refractivity contribution >= 4 is 12.2 Å². The Bertz CT molecular complexity index is 783. The standard InChI is InChI=1S/C13H23NO.C12H11NO.C2H6/c1-12(2)6-4-7-13(3)15-11-10-14-8-5-9-14;1-10-9-12(14-13-10)8-7-11-5-3-2-4-6-11;1-2/h4,6-7,13H,5,8-11H2,1-3H3;2-9H,1H3;1-2H3/b7-4-;8-7-;. The van der Waals surface area contributed by atoms with Crippen LogP contribution in [0.4, 0.5) is 0 Å². The van der Waals surface area contributed by atoms with E-state index in [1.165, 1.54) is 25.1 Å². The van der Waals surface area contributed by atoms with E-state index in [0.717, 1.165) is 30.2 Å². The molecule has 1 saturated heterocycles. The monoisotopic (exact) mass is 424 g/mol. The summed E-state index contributed by atoms with van der Waals surface area (Å²) in [6.07, 6.45) is 11.8. The number of allylic oxidation sites excluding steroid dienone is 3. The molecular formula is C27H40N2O2. The molecule has 0 aliphatic carbocycles. The minimum atomic E-state index is 0.224. The first kappa shape index (κ1) is 26.6. The fraction of sp³-hybridized carbons (Fsp3) is 0.444. The van der Waals surface area contributed by atoms with Gasteiger partial charge in [0, 0.05) is 12.6 Å². The van der Waals surface area contributed by atoms with Crippen LogP contribution in [0.5, 0.6) is 0 Å². The van der Waals surface area contributed by atoms with Crippen LogP contribution in [0.2, 0.25) is 0 Å². The molecule has 0 spiro atoms. The number of rotatable bonds is 8. The molecule has 4 nitrogen and oxygen atoms in total. The highest BCUT2D eigenvalue weighted by molar-refractivity contribution is 5.67. The van der Waals surface area contributed by atoms with Gasteiger partial charge in [0.2, 0.25) is 0 Å².